The van der Waals surface area contributed by atoms with Crippen LogP contribution in [0.15, 0.2) is 4.52 Å². The molecule has 5 heteroatoms. The summed E-state index contributed by atoms with van der Waals surface area (Å²) in [7, 11) is 1.97. The molecule has 1 fully saturated rings. The smallest absolute Gasteiger partial charge is 0.240 e. The van der Waals surface area contributed by atoms with Crippen LogP contribution in [0.25, 0.3) is 0 Å². The van der Waals surface area contributed by atoms with E-state index in [-0.39, 0.29) is 6.10 Å². The molecular weight excluding hydrogens is 230 g/mol. The highest BCUT2D eigenvalue weighted by atomic mass is 16.5. The van der Waals surface area contributed by atoms with Gasteiger partial charge < -0.3 is 9.63 Å². The lowest BCUT2D eigenvalue weighted by molar-refractivity contribution is 0.0992. The second kappa shape index (κ2) is 5.80. The Kier molecular flexibility index (Phi) is 4.35. The third-order valence-electron chi connectivity index (χ3n) is 3.17. The van der Waals surface area contributed by atoms with Gasteiger partial charge in [0.05, 0.1) is 12.6 Å². The molecule has 0 amide bonds. The van der Waals surface area contributed by atoms with Crippen LogP contribution in [0.1, 0.15) is 38.4 Å². The zero-order chi connectivity index (χ0) is 13.1. The van der Waals surface area contributed by atoms with Gasteiger partial charge in [-0.3, -0.25) is 4.90 Å². The van der Waals surface area contributed by atoms with Gasteiger partial charge in [0.2, 0.25) is 5.89 Å². The van der Waals surface area contributed by atoms with Crippen molar-refractivity contribution in [1.82, 2.24) is 15.0 Å². The van der Waals surface area contributed by atoms with Crippen LogP contribution >= 0.6 is 0 Å². The van der Waals surface area contributed by atoms with Crippen molar-refractivity contribution in [3.8, 4) is 0 Å². The summed E-state index contributed by atoms with van der Waals surface area (Å²) in [6, 6.07) is 0. The maximum atomic E-state index is 9.85. The molecule has 1 aromatic rings. The van der Waals surface area contributed by atoms with Crippen molar-refractivity contribution in [1.29, 1.82) is 0 Å². The molecule has 1 aliphatic carbocycles. The Balaban J connectivity index is 1.78. The standard InChI is InChI=1S/C13H23N3O2/c1-9(2)6-12-14-13(18-15-12)8-16(3)7-11(17)10-4-5-10/h9-11,17H,4-8H2,1-3H3. The van der Waals surface area contributed by atoms with E-state index in [9.17, 15) is 5.11 Å². The van der Waals surface area contributed by atoms with Gasteiger partial charge in [-0.25, -0.2) is 0 Å². The fourth-order valence-corrected chi connectivity index (χ4v) is 2.05. The lowest BCUT2D eigenvalue weighted by Crippen LogP contribution is -2.30. The minimum absolute atomic E-state index is 0.215. The van der Waals surface area contributed by atoms with Gasteiger partial charge in [0, 0.05) is 13.0 Å². The largest absolute Gasteiger partial charge is 0.392 e. The zero-order valence-electron chi connectivity index (χ0n) is 11.5. The maximum absolute atomic E-state index is 9.85. The first-order chi connectivity index (χ1) is 8.54. The van der Waals surface area contributed by atoms with Gasteiger partial charge in [-0.2, -0.15) is 4.98 Å². The average molecular weight is 253 g/mol. The summed E-state index contributed by atoms with van der Waals surface area (Å²) in [6.07, 6.45) is 2.95. The SMILES string of the molecule is CC(C)Cc1noc(CN(C)CC(O)C2CC2)n1. The number of hydrogen-bond donors (Lipinski definition) is 1. The van der Waals surface area contributed by atoms with Crippen LogP contribution in [0.4, 0.5) is 0 Å². The minimum atomic E-state index is -0.215. The lowest BCUT2D eigenvalue weighted by Gasteiger charge is -2.18. The van der Waals surface area contributed by atoms with E-state index in [4.69, 9.17) is 4.52 Å². The Hall–Kier alpha value is -0.940. The van der Waals surface area contributed by atoms with Crippen molar-refractivity contribution in [3.63, 3.8) is 0 Å². The highest BCUT2D eigenvalue weighted by Crippen LogP contribution is 2.32. The number of hydrogen-bond acceptors (Lipinski definition) is 5. The van der Waals surface area contributed by atoms with E-state index in [0.717, 1.165) is 25.1 Å². The van der Waals surface area contributed by atoms with Gasteiger partial charge in [0.1, 0.15) is 0 Å². The van der Waals surface area contributed by atoms with Gasteiger partial charge in [0.15, 0.2) is 5.82 Å². The summed E-state index contributed by atoms with van der Waals surface area (Å²) in [5.41, 5.74) is 0. The molecule has 1 aromatic heterocycles. The summed E-state index contributed by atoms with van der Waals surface area (Å²) >= 11 is 0. The molecule has 18 heavy (non-hydrogen) atoms. The van der Waals surface area contributed by atoms with E-state index in [2.05, 4.69) is 24.0 Å². The first-order valence-electron chi connectivity index (χ1n) is 6.72. The van der Waals surface area contributed by atoms with Crippen molar-refractivity contribution in [2.24, 2.45) is 11.8 Å². The molecule has 1 atom stereocenters. The summed E-state index contributed by atoms with van der Waals surface area (Å²) in [6.45, 7) is 5.55. The molecule has 0 aromatic carbocycles. The Morgan fingerprint density at radius 3 is 2.78 bits per heavy atom. The lowest BCUT2D eigenvalue weighted by atomic mass is 10.1. The summed E-state index contributed by atoms with van der Waals surface area (Å²) in [4.78, 5) is 6.39. The van der Waals surface area contributed by atoms with Crippen LogP contribution in [0, 0.1) is 11.8 Å². The topological polar surface area (TPSA) is 62.4 Å². The molecule has 1 aliphatic rings. The van der Waals surface area contributed by atoms with Crippen molar-refractivity contribution < 1.29 is 9.63 Å². The third-order valence-corrected chi connectivity index (χ3v) is 3.17. The van der Waals surface area contributed by atoms with Crippen molar-refractivity contribution in [2.75, 3.05) is 13.6 Å². The molecule has 1 N–H and O–H groups in total. The monoisotopic (exact) mass is 253 g/mol. The van der Waals surface area contributed by atoms with E-state index < -0.39 is 0 Å². The van der Waals surface area contributed by atoms with Crippen LogP contribution in [-0.4, -0.2) is 39.8 Å². The van der Waals surface area contributed by atoms with Crippen LogP contribution in [0.2, 0.25) is 0 Å². The molecule has 0 saturated heterocycles. The van der Waals surface area contributed by atoms with Gasteiger partial charge >= 0.3 is 0 Å². The van der Waals surface area contributed by atoms with Crippen molar-refractivity contribution >= 4 is 0 Å². The minimum Gasteiger partial charge on any atom is -0.392 e. The maximum Gasteiger partial charge on any atom is 0.240 e. The predicted molar refractivity (Wildman–Crippen MR) is 67.9 cm³/mol. The fraction of sp³-hybridized carbons (Fsp3) is 0.846. The van der Waals surface area contributed by atoms with Crippen molar-refractivity contribution in [3.05, 3.63) is 11.7 Å². The Morgan fingerprint density at radius 1 is 1.44 bits per heavy atom. The number of rotatable bonds is 7. The fourth-order valence-electron chi connectivity index (χ4n) is 2.05. The van der Waals surface area contributed by atoms with Crippen LogP contribution in [-0.2, 0) is 13.0 Å². The van der Waals surface area contributed by atoms with Crippen LogP contribution in [0.3, 0.4) is 0 Å². The molecule has 1 saturated carbocycles. The molecule has 0 bridgehead atoms. The summed E-state index contributed by atoms with van der Waals surface area (Å²) in [5, 5.41) is 13.8. The second-order valence-electron chi connectivity index (χ2n) is 5.80. The van der Waals surface area contributed by atoms with Gasteiger partial charge in [-0.05, 0) is 31.7 Å². The van der Waals surface area contributed by atoms with Gasteiger partial charge in [-0.15, -0.1) is 0 Å². The van der Waals surface area contributed by atoms with E-state index in [1.165, 1.54) is 0 Å². The Morgan fingerprint density at radius 2 is 2.17 bits per heavy atom. The summed E-state index contributed by atoms with van der Waals surface area (Å²) in [5.74, 6) is 2.45. The van der Waals surface area contributed by atoms with Gasteiger partial charge in [-0.1, -0.05) is 19.0 Å². The zero-order valence-corrected chi connectivity index (χ0v) is 11.5. The molecular formula is C13H23N3O2. The molecule has 5 nitrogen and oxygen atoms in total. The second-order valence-corrected chi connectivity index (χ2v) is 5.80. The van der Waals surface area contributed by atoms with Crippen LogP contribution in [0.5, 0.6) is 0 Å². The highest BCUT2D eigenvalue weighted by Gasteiger charge is 2.30. The normalized spacial score (nSPS) is 17.7. The number of likely N-dealkylation sites (N-methyl/N-ethyl adjacent to an activating group) is 1. The van der Waals surface area contributed by atoms with E-state index in [1.807, 2.05) is 11.9 Å². The molecule has 1 unspecified atom stereocenters. The molecule has 0 spiro atoms. The third kappa shape index (κ3) is 4.07. The van der Waals surface area contributed by atoms with Crippen molar-refractivity contribution in [2.45, 2.75) is 45.8 Å². The molecule has 0 aliphatic heterocycles. The molecule has 1 heterocycles. The number of aliphatic hydroxyl groups excluding tert-OH is 1. The summed E-state index contributed by atoms with van der Waals surface area (Å²) < 4.78 is 5.21. The highest BCUT2D eigenvalue weighted by molar-refractivity contribution is 4.88. The van der Waals surface area contributed by atoms with Crippen LogP contribution < -0.4 is 0 Å². The first kappa shape index (κ1) is 13.5. The quantitative estimate of drug-likeness (QED) is 0.797. The number of aromatic nitrogens is 2. The van der Waals surface area contributed by atoms with E-state index >= 15 is 0 Å². The molecule has 0 radical (unpaired) electrons. The Bertz CT molecular complexity index is 374. The number of aliphatic hydroxyl groups is 1. The first-order valence-corrected chi connectivity index (χ1v) is 6.72. The predicted octanol–water partition coefficient (Wildman–Crippen LogP) is 1.47. The molecule has 102 valence electrons. The Labute approximate surface area is 108 Å². The molecule has 2 rings (SSSR count). The van der Waals surface area contributed by atoms with Gasteiger partial charge in [0.25, 0.3) is 0 Å². The average Bonchev–Trinajstić information content (AvgIpc) is 3.02. The number of nitrogens with zero attached hydrogens (tertiary/aromatic N) is 3. The van der Waals surface area contributed by atoms with E-state index in [0.29, 0.717) is 30.8 Å². The van der Waals surface area contributed by atoms with E-state index in [1.54, 1.807) is 0 Å².